The zero-order valence-corrected chi connectivity index (χ0v) is 5.64. The molecule has 0 N–H and O–H groups in total. The van der Waals surface area contributed by atoms with E-state index in [1.807, 2.05) is 7.05 Å². The van der Waals surface area contributed by atoms with Crippen LogP contribution in [0, 0.1) is 6.73 Å². The maximum atomic E-state index is 5.07. The molecule has 0 saturated carbocycles. The summed E-state index contributed by atoms with van der Waals surface area (Å²) in [5.74, 6) is 0. The molecule has 2 nitrogen and oxygen atoms in total. The van der Waals surface area contributed by atoms with Gasteiger partial charge in [-0.1, -0.05) is 0 Å². The molecule has 0 bridgehead atoms. The maximum absolute atomic E-state index is 5.07. The van der Waals surface area contributed by atoms with Gasteiger partial charge >= 0.3 is 0 Å². The van der Waals surface area contributed by atoms with Gasteiger partial charge in [-0.15, -0.1) is 0 Å². The molecule has 1 radical (unpaired) electrons. The standard InChI is InChI=1S/C6H12NO/c1-6(2)4-8-5-7(6)3/h5H,4H2,1-3H3. The molecule has 1 aliphatic heterocycles. The first-order valence-corrected chi connectivity index (χ1v) is 2.81. The van der Waals surface area contributed by atoms with Crippen molar-refractivity contribution in [2.24, 2.45) is 0 Å². The molecule has 1 rings (SSSR count). The molecule has 0 aromatic rings. The lowest BCUT2D eigenvalue weighted by atomic mass is 10.1. The molecule has 8 heavy (non-hydrogen) atoms. The zero-order chi connectivity index (χ0) is 6.20. The lowest BCUT2D eigenvalue weighted by molar-refractivity contribution is 0.229. The third-order valence-corrected chi connectivity index (χ3v) is 1.62. The lowest BCUT2D eigenvalue weighted by Crippen LogP contribution is -2.35. The Hall–Kier alpha value is -0.0800. The maximum Gasteiger partial charge on any atom is 0.151 e. The van der Waals surface area contributed by atoms with Crippen LogP contribution < -0.4 is 0 Å². The van der Waals surface area contributed by atoms with Gasteiger partial charge in [0.25, 0.3) is 0 Å². The largest absolute Gasteiger partial charge is 0.357 e. The molecule has 0 amide bonds. The summed E-state index contributed by atoms with van der Waals surface area (Å²) in [5, 5.41) is 0. The van der Waals surface area contributed by atoms with Crippen molar-refractivity contribution >= 4 is 0 Å². The highest BCUT2D eigenvalue weighted by molar-refractivity contribution is 4.85. The van der Waals surface area contributed by atoms with E-state index in [1.165, 1.54) is 0 Å². The van der Waals surface area contributed by atoms with Crippen molar-refractivity contribution in [1.82, 2.24) is 4.90 Å². The van der Waals surface area contributed by atoms with Gasteiger partial charge in [0.2, 0.25) is 0 Å². The fourth-order valence-electron chi connectivity index (χ4n) is 0.598. The van der Waals surface area contributed by atoms with Gasteiger partial charge in [-0.3, -0.25) is 4.90 Å². The molecule has 0 aromatic heterocycles. The molecule has 0 aliphatic carbocycles. The van der Waals surface area contributed by atoms with Crippen molar-refractivity contribution in [3.05, 3.63) is 6.73 Å². The molecule has 0 aromatic carbocycles. The molecule has 1 fully saturated rings. The van der Waals surface area contributed by atoms with Gasteiger partial charge in [0.15, 0.2) is 6.73 Å². The molecular weight excluding hydrogens is 102 g/mol. The van der Waals surface area contributed by atoms with Crippen LogP contribution in [-0.4, -0.2) is 24.1 Å². The first-order valence-electron chi connectivity index (χ1n) is 2.81. The van der Waals surface area contributed by atoms with Gasteiger partial charge in [-0.25, -0.2) is 0 Å². The van der Waals surface area contributed by atoms with Crippen LogP contribution in [-0.2, 0) is 4.74 Å². The second-order valence-electron chi connectivity index (χ2n) is 2.84. The summed E-state index contributed by atoms with van der Waals surface area (Å²) < 4.78 is 5.07. The van der Waals surface area contributed by atoms with Gasteiger partial charge < -0.3 is 4.74 Å². The summed E-state index contributed by atoms with van der Waals surface area (Å²) in [6, 6.07) is 0. The predicted molar refractivity (Wildman–Crippen MR) is 32.1 cm³/mol. The number of ether oxygens (including phenoxy) is 1. The summed E-state index contributed by atoms with van der Waals surface area (Å²) in [6.45, 7) is 6.87. The molecule has 0 spiro atoms. The van der Waals surface area contributed by atoms with Crippen LogP contribution >= 0.6 is 0 Å². The normalized spacial score (nSPS) is 28.9. The second kappa shape index (κ2) is 1.71. The Bertz CT molecular complexity index is 90.5. The molecule has 0 unspecified atom stereocenters. The van der Waals surface area contributed by atoms with Crippen LogP contribution in [0.4, 0.5) is 0 Å². The minimum Gasteiger partial charge on any atom is -0.357 e. The van der Waals surface area contributed by atoms with Crippen molar-refractivity contribution in [1.29, 1.82) is 0 Å². The molecule has 47 valence electrons. The van der Waals surface area contributed by atoms with E-state index >= 15 is 0 Å². The summed E-state index contributed by atoms with van der Waals surface area (Å²) >= 11 is 0. The van der Waals surface area contributed by atoms with Crippen molar-refractivity contribution in [3.8, 4) is 0 Å². The third-order valence-electron chi connectivity index (χ3n) is 1.62. The first kappa shape index (κ1) is 6.05. The topological polar surface area (TPSA) is 12.5 Å². The fourth-order valence-corrected chi connectivity index (χ4v) is 0.598. The Morgan fingerprint density at radius 3 is 2.38 bits per heavy atom. The average molecular weight is 114 g/mol. The molecule has 1 saturated heterocycles. The van der Waals surface area contributed by atoms with Crippen molar-refractivity contribution < 1.29 is 4.74 Å². The zero-order valence-electron chi connectivity index (χ0n) is 5.64. The highest BCUT2D eigenvalue weighted by atomic mass is 16.5. The van der Waals surface area contributed by atoms with Gasteiger partial charge in [-0.05, 0) is 20.9 Å². The van der Waals surface area contributed by atoms with E-state index in [0.717, 1.165) is 6.61 Å². The van der Waals surface area contributed by atoms with E-state index in [0.29, 0.717) is 0 Å². The van der Waals surface area contributed by atoms with E-state index in [-0.39, 0.29) is 5.54 Å². The average Bonchev–Trinajstić information content (AvgIpc) is 1.86. The van der Waals surface area contributed by atoms with Gasteiger partial charge in [0.1, 0.15) is 0 Å². The Balaban J connectivity index is 2.54. The van der Waals surface area contributed by atoms with E-state index in [9.17, 15) is 0 Å². The Kier molecular flexibility index (Phi) is 1.29. The molecule has 2 heteroatoms. The quantitative estimate of drug-likeness (QED) is 0.463. The number of likely N-dealkylation sites (N-methyl/N-ethyl adjacent to an activating group) is 1. The van der Waals surface area contributed by atoms with Gasteiger partial charge in [0.05, 0.1) is 6.61 Å². The van der Waals surface area contributed by atoms with Crippen LogP contribution in [0.1, 0.15) is 13.8 Å². The van der Waals surface area contributed by atoms with Gasteiger partial charge in [0, 0.05) is 5.54 Å². The highest BCUT2D eigenvalue weighted by Gasteiger charge is 2.29. The predicted octanol–water partition coefficient (Wildman–Crippen LogP) is 0.846. The number of nitrogens with zero attached hydrogens (tertiary/aromatic N) is 1. The first-order chi connectivity index (χ1) is 3.63. The monoisotopic (exact) mass is 114 g/mol. The van der Waals surface area contributed by atoms with Crippen molar-refractivity contribution in [2.75, 3.05) is 13.7 Å². The lowest BCUT2D eigenvalue weighted by Gasteiger charge is -2.23. The summed E-state index contributed by atoms with van der Waals surface area (Å²) in [7, 11) is 2.02. The van der Waals surface area contributed by atoms with Crippen molar-refractivity contribution in [2.45, 2.75) is 19.4 Å². The van der Waals surface area contributed by atoms with E-state index < -0.39 is 0 Å². The smallest absolute Gasteiger partial charge is 0.151 e. The van der Waals surface area contributed by atoms with E-state index in [4.69, 9.17) is 4.74 Å². The SMILES string of the molecule is CN1[CH]OCC1(C)C. The Labute approximate surface area is 50.4 Å². The number of hydrogen-bond donors (Lipinski definition) is 0. The highest BCUT2D eigenvalue weighted by Crippen LogP contribution is 2.20. The molecule has 1 heterocycles. The van der Waals surface area contributed by atoms with Crippen LogP contribution in [0.5, 0.6) is 0 Å². The minimum atomic E-state index is 0.208. The van der Waals surface area contributed by atoms with Crippen LogP contribution in [0.3, 0.4) is 0 Å². The summed E-state index contributed by atoms with van der Waals surface area (Å²) in [5.41, 5.74) is 0.208. The van der Waals surface area contributed by atoms with Gasteiger partial charge in [-0.2, -0.15) is 0 Å². The Morgan fingerprint density at radius 2 is 2.25 bits per heavy atom. The minimum absolute atomic E-state index is 0.208. The third kappa shape index (κ3) is 0.858. The Morgan fingerprint density at radius 1 is 1.62 bits per heavy atom. The summed E-state index contributed by atoms with van der Waals surface area (Å²) in [4.78, 5) is 2.08. The van der Waals surface area contributed by atoms with E-state index in [1.54, 1.807) is 6.73 Å². The van der Waals surface area contributed by atoms with Crippen molar-refractivity contribution in [3.63, 3.8) is 0 Å². The second-order valence-corrected chi connectivity index (χ2v) is 2.84. The number of rotatable bonds is 0. The van der Waals surface area contributed by atoms with E-state index in [2.05, 4.69) is 18.7 Å². The fraction of sp³-hybridized carbons (Fsp3) is 0.833. The molecule has 1 aliphatic rings. The molecular formula is C6H12NO. The molecule has 0 atom stereocenters. The summed E-state index contributed by atoms with van der Waals surface area (Å²) in [6.07, 6.45) is 0. The van der Waals surface area contributed by atoms with Crippen LogP contribution in [0.15, 0.2) is 0 Å². The number of hydrogen-bond acceptors (Lipinski definition) is 2. The van der Waals surface area contributed by atoms with Crippen LogP contribution in [0.2, 0.25) is 0 Å². The van der Waals surface area contributed by atoms with Crippen LogP contribution in [0.25, 0.3) is 0 Å².